The molecule has 152 valence electrons. The van der Waals surface area contributed by atoms with E-state index in [2.05, 4.69) is 0 Å². The molecule has 1 fully saturated rings. The van der Waals surface area contributed by atoms with Gasteiger partial charge in [0.05, 0.1) is 6.61 Å². The highest BCUT2D eigenvalue weighted by atomic mass is 35.5. The lowest BCUT2D eigenvalue weighted by molar-refractivity contribution is -0.314. The van der Waals surface area contributed by atoms with Gasteiger partial charge in [0.15, 0.2) is 5.60 Å². The first-order valence-corrected chi connectivity index (χ1v) is 9.10. The Balaban J connectivity index is 1.86. The Labute approximate surface area is 166 Å². The fourth-order valence-corrected chi connectivity index (χ4v) is 3.38. The van der Waals surface area contributed by atoms with Gasteiger partial charge in [-0.3, -0.25) is 0 Å². The third kappa shape index (κ3) is 4.00. The van der Waals surface area contributed by atoms with E-state index in [1.807, 2.05) is 0 Å². The minimum absolute atomic E-state index is 0.280. The van der Waals surface area contributed by atoms with Crippen molar-refractivity contribution in [2.45, 2.75) is 44.1 Å². The van der Waals surface area contributed by atoms with Crippen molar-refractivity contribution in [2.24, 2.45) is 0 Å². The van der Waals surface area contributed by atoms with Crippen molar-refractivity contribution >= 4 is 11.6 Å². The van der Waals surface area contributed by atoms with Gasteiger partial charge in [-0.1, -0.05) is 17.7 Å². The first kappa shape index (κ1) is 21.0. The summed E-state index contributed by atoms with van der Waals surface area (Å²) in [5.41, 5.74) is 0.0656. The van der Waals surface area contributed by atoms with Gasteiger partial charge in [-0.2, -0.15) is 0 Å². The molecule has 8 heteroatoms. The van der Waals surface area contributed by atoms with Crippen molar-refractivity contribution in [2.75, 3.05) is 6.61 Å². The lowest BCUT2D eigenvalue weighted by Crippen LogP contribution is -2.66. The number of aliphatic hydroxyl groups excluding tert-OH is 3. The zero-order valence-electron chi connectivity index (χ0n) is 15.3. The lowest BCUT2D eigenvalue weighted by Gasteiger charge is -2.45. The molecule has 0 aromatic heterocycles. The fraction of sp³-hybridized carbons (Fsp3) is 0.400. The molecule has 0 radical (unpaired) electrons. The van der Waals surface area contributed by atoms with Gasteiger partial charge in [0.1, 0.15) is 29.9 Å². The van der Waals surface area contributed by atoms with Gasteiger partial charge in [-0.05, 0) is 60.9 Å². The Kier molecular flexibility index (Phi) is 5.95. The largest absolute Gasteiger partial charge is 0.461 e. The Morgan fingerprint density at radius 3 is 2.50 bits per heavy atom. The average Bonchev–Trinajstić information content (AvgIpc) is 2.63. The molecule has 1 aliphatic rings. The molecule has 28 heavy (non-hydrogen) atoms. The van der Waals surface area contributed by atoms with Crippen LogP contribution in [0.1, 0.15) is 12.5 Å². The summed E-state index contributed by atoms with van der Waals surface area (Å²) in [7, 11) is 0. The third-order valence-corrected chi connectivity index (χ3v) is 5.08. The number of hydrogen-bond donors (Lipinski definition) is 4. The van der Waals surface area contributed by atoms with Gasteiger partial charge >= 0.3 is 0 Å². The predicted octanol–water partition coefficient (Wildman–Crippen LogP) is 2.02. The van der Waals surface area contributed by atoms with Crippen LogP contribution in [0.4, 0.5) is 4.39 Å². The number of hydrogen-bond acceptors (Lipinski definition) is 6. The second kappa shape index (κ2) is 7.94. The standard InChI is InChI=1S/C20H22ClFO6/c1-10-5-11(12-6-13(21)8-14(22)7-12)3-4-15(10)27-19-20(2,26)18(25)17(24)16(9-23)28-19/h3-8,16-19,23-26H,9H2,1-2H3. The molecule has 4 N–H and O–H groups in total. The van der Waals surface area contributed by atoms with Crippen LogP contribution in [0.15, 0.2) is 36.4 Å². The van der Waals surface area contributed by atoms with Crippen molar-refractivity contribution in [1.29, 1.82) is 0 Å². The minimum Gasteiger partial charge on any atom is -0.461 e. The van der Waals surface area contributed by atoms with Crippen LogP contribution in [-0.4, -0.2) is 57.2 Å². The molecular formula is C20H22ClFO6. The number of ether oxygens (including phenoxy) is 2. The van der Waals surface area contributed by atoms with Crippen molar-refractivity contribution in [3.05, 3.63) is 52.8 Å². The van der Waals surface area contributed by atoms with Gasteiger partial charge < -0.3 is 29.9 Å². The maximum atomic E-state index is 13.6. The summed E-state index contributed by atoms with van der Waals surface area (Å²) in [5.74, 6) is -0.0912. The van der Waals surface area contributed by atoms with Crippen molar-refractivity contribution in [1.82, 2.24) is 0 Å². The normalized spacial score (nSPS) is 30.3. The van der Waals surface area contributed by atoms with E-state index >= 15 is 0 Å². The molecular weight excluding hydrogens is 391 g/mol. The van der Waals surface area contributed by atoms with Gasteiger partial charge in [-0.25, -0.2) is 4.39 Å². The minimum atomic E-state index is -1.91. The molecule has 5 unspecified atom stereocenters. The number of aryl methyl sites for hydroxylation is 1. The first-order chi connectivity index (χ1) is 13.1. The molecule has 6 nitrogen and oxygen atoms in total. The van der Waals surface area contributed by atoms with Gasteiger partial charge in [0.25, 0.3) is 0 Å². The Bertz CT molecular complexity index is 838. The zero-order chi connectivity index (χ0) is 20.6. The molecule has 1 heterocycles. The summed E-state index contributed by atoms with van der Waals surface area (Å²) in [6.07, 6.45) is -5.45. The number of halogens is 2. The van der Waals surface area contributed by atoms with E-state index in [1.165, 1.54) is 19.1 Å². The number of rotatable bonds is 4. The molecule has 5 atom stereocenters. The van der Waals surface area contributed by atoms with Crippen LogP contribution in [0.5, 0.6) is 5.75 Å². The lowest BCUT2D eigenvalue weighted by atomic mass is 9.88. The Morgan fingerprint density at radius 1 is 1.18 bits per heavy atom. The SMILES string of the molecule is Cc1cc(-c2cc(F)cc(Cl)c2)ccc1OC1OC(CO)C(O)C(O)C1(C)O. The molecule has 1 saturated heterocycles. The molecule has 2 aromatic rings. The van der Waals surface area contributed by atoms with Crippen LogP contribution in [0, 0.1) is 12.7 Å². The van der Waals surface area contributed by atoms with E-state index in [9.17, 15) is 24.8 Å². The molecule has 0 aliphatic carbocycles. The first-order valence-electron chi connectivity index (χ1n) is 8.72. The Hall–Kier alpha value is -1.74. The molecule has 0 saturated carbocycles. The summed E-state index contributed by atoms with van der Waals surface area (Å²) in [5, 5.41) is 40.2. The number of benzene rings is 2. The van der Waals surface area contributed by atoms with Gasteiger partial charge in [0.2, 0.25) is 6.29 Å². The highest BCUT2D eigenvalue weighted by Gasteiger charge is 2.53. The quantitative estimate of drug-likeness (QED) is 0.613. The number of aliphatic hydroxyl groups is 4. The van der Waals surface area contributed by atoms with Crippen molar-refractivity contribution in [3.8, 4) is 16.9 Å². The highest BCUT2D eigenvalue weighted by molar-refractivity contribution is 6.30. The molecule has 3 rings (SSSR count). The predicted molar refractivity (Wildman–Crippen MR) is 101 cm³/mol. The van der Waals surface area contributed by atoms with E-state index in [1.54, 1.807) is 31.2 Å². The topological polar surface area (TPSA) is 99.4 Å². The summed E-state index contributed by atoms with van der Waals surface area (Å²) >= 11 is 5.91. The van der Waals surface area contributed by atoms with Crippen LogP contribution in [-0.2, 0) is 4.74 Å². The van der Waals surface area contributed by atoms with E-state index in [0.29, 0.717) is 22.4 Å². The fourth-order valence-electron chi connectivity index (χ4n) is 3.16. The van der Waals surface area contributed by atoms with Crippen LogP contribution in [0.2, 0.25) is 5.02 Å². The maximum absolute atomic E-state index is 13.6. The molecule has 0 amide bonds. The summed E-state index contributed by atoms with van der Waals surface area (Å²) in [6, 6.07) is 9.29. The molecule has 1 aliphatic heterocycles. The second-order valence-electron chi connectivity index (χ2n) is 7.11. The van der Waals surface area contributed by atoms with Crippen LogP contribution < -0.4 is 4.74 Å². The monoisotopic (exact) mass is 412 g/mol. The molecule has 2 aromatic carbocycles. The summed E-state index contributed by atoms with van der Waals surface area (Å²) < 4.78 is 24.8. The van der Waals surface area contributed by atoms with Crippen LogP contribution in [0.3, 0.4) is 0 Å². The van der Waals surface area contributed by atoms with E-state index < -0.39 is 42.6 Å². The third-order valence-electron chi connectivity index (χ3n) is 4.86. The van der Waals surface area contributed by atoms with Crippen molar-refractivity contribution in [3.63, 3.8) is 0 Å². The smallest absolute Gasteiger partial charge is 0.231 e. The van der Waals surface area contributed by atoms with E-state index in [-0.39, 0.29) is 5.02 Å². The summed E-state index contributed by atoms with van der Waals surface area (Å²) in [4.78, 5) is 0. The van der Waals surface area contributed by atoms with E-state index in [4.69, 9.17) is 21.1 Å². The highest BCUT2D eigenvalue weighted by Crippen LogP contribution is 2.34. The summed E-state index contributed by atoms with van der Waals surface area (Å²) in [6.45, 7) is 2.48. The van der Waals surface area contributed by atoms with E-state index in [0.717, 1.165) is 0 Å². The van der Waals surface area contributed by atoms with Gasteiger partial charge in [-0.15, -0.1) is 0 Å². The molecule has 0 bridgehead atoms. The molecule has 0 spiro atoms. The van der Waals surface area contributed by atoms with Gasteiger partial charge in [0, 0.05) is 5.02 Å². The second-order valence-corrected chi connectivity index (χ2v) is 7.54. The zero-order valence-corrected chi connectivity index (χ0v) is 16.1. The van der Waals surface area contributed by atoms with Crippen LogP contribution in [0.25, 0.3) is 11.1 Å². The van der Waals surface area contributed by atoms with Crippen LogP contribution >= 0.6 is 11.6 Å². The van der Waals surface area contributed by atoms with Crippen molar-refractivity contribution < 1.29 is 34.3 Å². The maximum Gasteiger partial charge on any atom is 0.231 e. The Morgan fingerprint density at radius 2 is 1.89 bits per heavy atom. The average molecular weight is 413 g/mol.